The van der Waals surface area contributed by atoms with Crippen LogP contribution in [0.15, 0.2) is 11.1 Å². The van der Waals surface area contributed by atoms with Crippen LogP contribution in [0.2, 0.25) is 0 Å². The highest BCUT2D eigenvalue weighted by Gasteiger charge is 2.28. The van der Waals surface area contributed by atoms with Gasteiger partial charge in [-0.05, 0) is 26.3 Å². The molecule has 0 bridgehead atoms. The molecule has 0 saturated heterocycles. The third-order valence-corrected chi connectivity index (χ3v) is 1.74. The van der Waals surface area contributed by atoms with E-state index in [9.17, 15) is 8.78 Å². The van der Waals surface area contributed by atoms with E-state index in [1.807, 2.05) is 0 Å². The number of allylic oxidation sites excluding steroid dienone is 2. The molecule has 0 fully saturated rings. The van der Waals surface area contributed by atoms with Crippen molar-refractivity contribution in [3.05, 3.63) is 11.1 Å². The Bertz CT molecular complexity index is 141. The molecule has 0 aromatic rings. The summed E-state index contributed by atoms with van der Waals surface area (Å²) in [5.41, 5.74) is 0.918. The molecular weight excluding hydrogens is 134 g/mol. The molecule has 60 valence electrons. The fraction of sp³-hybridized carbons (Fsp3) is 0.750. The van der Waals surface area contributed by atoms with E-state index < -0.39 is 5.92 Å². The average molecular weight is 148 g/mol. The molecule has 2 heteroatoms. The van der Waals surface area contributed by atoms with Crippen LogP contribution in [0.4, 0.5) is 8.78 Å². The Morgan fingerprint density at radius 3 is 1.70 bits per heavy atom. The van der Waals surface area contributed by atoms with E-state index >= 15 is 0 Å². The number of hydrogen-bond donors (Lipinski definition) is 0. The third kappa shape index (κ3) is 2.09. The van der Waals surface area contributed by atoms with Crippen LogP contribution in [0.1, 0.15) is 34.1 Å². The molecule has 0 amide bonds. The molecular formula is C8H14F2. The average Bonchev–Trinajstić information content (AvgIpc) is 1.86. The summed E-state index contributed by atoms with van der Waals surface area (Å²) in [5.74, 6) is -2.60. The topological polar surface area (TPSA) is 0 Å². The smallest absolute Gasteiger partial charge is 0.202 e. The van der Waals surface area contributed by atoms with Crippen molar-refractivity contribution >= 4 is 0 Å². The van der Waals surface area contributed by atoms with Crippen molar-refractivity contribution in [2.45, 2.75) is 40.0 Å². The lowest BCUT2D eigenvalue weighted by molar-refractivity contribution is 0.0366. The van der Waals surface area contributed by atoms with Crippen molar-refractivity contribution in [2.24, 2.45) is 0 Å². The number of rotatable bonds is 2. The Balaban J connectivity index is 4.49. The zero-order valence-electron chi connectivity index (χ0n) is 6.96. The van der Waals surface area contributed by atoms with Gasteiger partial charge in [-0.15, -0.1) is 0 Å². The van der Waals surface area contributed by atoms with Crippen LogP contribution in [0, 0.1) is 0 Å². The maximum Gasteiger partial charge on any atom is 0.269 e. The van der Waals surface area contributed by atoms with Gasteiger partial charge in [-0.1, -0.05) is 12.5 Å². The molecule has 0 nitrogen and oxygen atoms in total. The summed E-state index contributed by atoms with van der Waals surface area (Å²) >= 11 is 0. The largest absolute Gasteiger partial charge is 0.269 e. The van der Waals surface area contributed by atoms with Gasteiger partial charge in [-0.25, -0.2) is 8.78 Å². The van der Waals surface area contributed by atoms with Gasteiger partial charge >= 0.3 is 0 Å². The highest BCUT2D eigenvalue weighted by molar-refractivity contribution is 5.15. The van der Waals surface area contributed by atoms with E-state index in [2.05, 4.69) is 0 Å². The van der Waals surface area contributed by atoms with Gasteiger partial charge in [0, 0.05) is 6.42 Å². The molecule has 0 aromatic heterocycles. The lowest BCUT2D eigenvalue weighted by Gasteiger charge is -2.15. The minimum atomic E-state index is -2.60. The van der Waals surface area contributed by atoms with Crippen molar-refractivity contribution < 1.29 is 8.78 Å². The summed E-state index contributed by atoms with van der Waals surface area (Å²) in [6.45, 7) is 6.39. The van der Waals surface area contributed by atoms with Gasteiger partial charge in [0.25, 0.3) is 5.92 Å². The van der Waals surface area contributed by atoms with Crippen LogP contribution in [-0.2, 0) is 0 Å². The van der Waals surface area contributed by atoms with Gasteiger partial charge in [0.05, 0.1) is 0 Å². The lowest BCUT2D eigenvalue weighted by Crippen LogP contribution is -2.16. The number of hydrogen-bond acceptors (Lipinski definition) is 0. The maximum atomic E-state index is 12.7. The van der Waals surface area contributed by atoms with Crippen LogP contribution in [0.25, 0.3) is 0 Å². The number of alkyl halides is 2. The van der Waals surface area contributed by atoms with Crippen molar-refractivity contribution in [3.63, 3.8) is 0 Å². The minimum Gasteiger partial charge on any atom is -0.202 e. The van der Waals surface area contributed by atoms with Gasteiger partial charge in [0.2, 0.25) is 0 Å². The van der Waals surface area contributed by atoms with E-state index in [0.29, 0.717) is 5.57 Å². The molecule has 0 unspecified atom stereocenters. The first-order chi connectivity index (χ1) is 4.41. The highest BCUT2D eigenvalue weighted by atomic mass is 19.3. The first-order valence-electron chi connectivity index (χ1n) is 3.44. The first kappa shape index (κ1) is 9.60. The van der Waals surface area contributed by atoms with E-state index in [1.165, 1.54) is 13.8 Å². The van der Waals surface area contributed by atoms with Gasteiger partial charge in [0.15, 0.2) is 0 Å². The van der Waals surface area contributed by atoms with E-state index in [1.54, 1.807) is 13.8 Å². The Hall–Kier alpha value is -0.400. The van der Waals surface area contributed by atoms with Gasteiger partial charge < -0.3 is 0 Å². The van der Waals surface area contributed by atoms with E-state index in [-0.39, 0.29) is 12.0 Å². The molecule has 0 saturated carbocycles. The lowest BCUT2D eigenvalue weighted by atomic mass is 10.0. The highest BCUT2D eigenvalue weighted by Crippen LogP contribution is 2.28. The van der Waals surface area contributed by atoms with Crippen LogP contribution < -0.4 is 0 Å². The summed E-state index contributed by atoms with van der Waals surface area (Å²) in [7, 11) is 0. The molecule has 0 aliphatic heterocycles. The predicted molar refractivity (Wildman–Crippen MR) is 39.3 cm³/mol. The summed E-state index contributed by atoms with van der Waals surface area (Å²) in [6, 6.07) is 0. The van der Waals surface area contributed by atoms with Gasteiger partial charge in [0.1, 0.15) is 0 Å². The zero-order chi connectivity index (χ0) is 8.36. The van der Waals surface area contributed by atoms with Crippen molar-refractivity contribution in [3.8, 4) is 0 Å². The second kappa shape index (κ2) is 3.13. The fourth-order valence-corrected chi connectivity index (χ4v) is 0.631. The summed E-state index contributed by atoms with van der Waals surface area (Å²) in [4.78, 5) is 0. The molecule has 0 aromatic carbocycles. The van der Waals surface area contributed by atoms with Crippen LogP contribution >= 0.6 is 0 Å². The molecule has 0 N–H and O–H groups in total. The van der Waals surface area contributed by atoms with E-state index in [4.69, 9.17) is 0 Å². The summed E-state index contributed by atoms with van der Waals surface area (Å²) in [6.07, 6.45) is -0.107. The normalized spacial score (nSPS) is 11.4. The molecule has 0 rings (SSSR count). The Morgan fingerprint density at radius 2 is 1.60 bits per heavy atom. The Kier molecular flexibility index (Phi) is 3.00. The van der Waals surface area contributed by atoms with E-state index in [0.717, 1.165) is 0 Å². The molecule has 0 heterocycles. The Labute approximate surface area is 60.9 Å². The first-order valence-corrected chi connectivity index (χ1v) is 3.44. The van der Waals surface area contributed by atoms with Crippen LogP contribution in [0.3, 0.4) is 0 Å². The molecule has 0 atom stereocenters. The fourth-order valence-electron chi connectivity index (χ4n) is 0.631. The molecule has 0 aliphatic rings. The standard InChI is InChI=1S/C8H14F2/c1-5-8(9,10)7(4)6(2)3/h5H2,1-4H3. The number of halogens is 2. The molecule has 10 heavy (non-hydrogen) atoms. The SMILES string of the molecule is CCC(F)(F)C(C)=C(C)C. The quantitative estimate of drug-likeness (QED) is 0.526. The minimum absolute atomic E-state index is 0.107. The zero-order valence-corrected chi connectivity index (χ0v) is 6.96. The third-order valence-electron chi connectivity index (χ3n) is 1.74. The molecule has 0 aliphatic carbocycles. The summed E-state index contributed by atoms with van der Waals surface area (Å²) in [5, 5.41) is 0. The molecule has 0 radical (unpaired) electrons. The second-order valence-electron chi connectivity index (χ2n) is 2.68. The second-order valence-corrected chi connectivity index (χ2v) is 2.68. The van der Waals surface area contributed by atoms with Crippen LogP contribution in [-0.4, -0.2) is 5.92 Å². The summed E-state index contributed by atoms with van der Waals surface area (Å²) < 4.78 is 25.5. The van der Waals surface area contributed by atoms with Gasteiger partial charge in [-0.2, -0.15) is 0 Å². The molecule has 0 spiro atoms. The Morgan fingerprint density at radius 1 is 1.20 bits per heavy atom. The van der Waals surface area contributed by atoms with Crippen LogP contribution in [0.5, 0.6) is 0 Å². The monoisotopic (exact) mass is 148 g/mol. The predicted octanol–water partition coefficient (Wildman–Crippen LogP) is 3.39. The van der Waals surface area contributed by atoms with Crippen molar-refractivity contribution in [2.75, 3.05) is 0 Å². The van der Waals surface area contributed by atoms with Crippen molar-refractivity contribution in [1.29, 1.82) is 0 Å². The van der Waals surface area contributed by atoms with Gasteiger partial charge in [-0.3, -0.25) is 0 Å². The maximum absolute atomic E-state index is 12.7. The van der Waals surface area contributed by atoms with Crippen molar-refractivity contribution in [1.82, 2.24) is 0 Å².